The number of halogens is 3. The molecule has 0 aromatic heterocycles. The SMILES string of the molecule is CCOC(=O)C1=C(COc2ccc(F)cc2)N(CC)C(=O)N[C@@H]1c1ccc(Cl)c(Cl)c1. The lowest BCUT2D eigenvalue weighted by Gasteiger charge is -2.36. The Morgan fingerprint density at radius 3 is 2.45 bits per heavy atom. The van der Waals surface area contributed by atoms with Gasteiger partial charge in [-0.1, -0.05) is 29.3 Å². The van der Waals surface area contributed by atoms with Gasteiger partial charge in [0.2, 0.25) is 0 Å². The molecule has 1 heterocycles. The molecule has 0 fully saturated rings. The van der Waals surface area contributed by atoms with Crippen molar-refractivity contribution in [3.05, 3.63) is 75.2 Å². The zero-order valence-electron chi connectivity index (χ0n) is 17.0. The van der Waals surface area contributed by atoms with Crippen LogP contribution in [0.15, 0.2) is 53.7 Å². The Morgan fingerprint density at radius 1 is 1.13 bits per heavy atom. The van der Waals surface area contributed by atoms with Gasteiger partial charge < -0.3 is 14.8 Å². The summed E-state index contributed by atoms with van der Waals surface area (Å²) in [6, 6.07) is 9.12. The Kier molecular flexibility index (Phi) is 7.41. The maximum Gasteiger partial charge on any atom is 0.338 e. The molecule has 1 aliphatic heterocycles. The lowest BCUT2D eigenvalue weighted by Crippen LogP contribution is -2.49. The Morgan fingerprint density at radius 2 is 1.84 bits per heavy atom. The van der Waals surface area contributed by atoms with Crippen LogP contribution < -0.4 is 10.1 Å². The molecule has 2 aromatic carbocycles. The first-order chi connectivity index (χ1) is 14.8. The molecule has 3 rings (SSSR count). The van der Waals surface area contributed by atoms with Gasteiger partial charge >= 0.3 is 12.0 Å². The number of ether oxygens (including phenoxy) is 2. The van der Waals surface area contributed by atoms with Crippen molar-refractivity contribution < 1.29 is 23.5 Å². The van der Waals surface area contributed by atoms with Crippen LogP contribution in [0.3, 0.4) is 0 Å². The summed E-state index contributed by atoms with van der Waals surface area (Å²) in [6.45, 7) is 3.83. The molecule has 9 heteroatoms. The third-order valence-electron chi connectivity index (χ3n) is 4.72. The molecule has 1 aliphatic rings. The van der Waals surface area contributed by atoms with Crippen LogP contribution in [0.5, 0.6) is 5.75 Å². The number of nitrogens with one attached hydrogen (secondary N) is 1. The van der Waals surface area contributed by atoms with Crippen molar-refractivity contribution >= 4 is 35.2 Å². The van der Waals surface area contributed by atoms with E-state index in [2.05, 4.69) is 5.32 Å². The molecule has 6 nitrogen and oxygen atoms in total. The standard InChI is InChI=1S/C22H21Cl2FN2O4/c1-3-27-18(12-31-15-8-6-14(25)7-9-15)19(21(28)30-4-2)20(26-22(27)29)13-5-10-16(23)17(24)11-13/h5-11,20H,3-4,12H2,1-2H3,(H,26,29)/t20-/m1/s1. The summed E-state index contributed by atoms with van der Waals surface area (Å²) in [7, 11) is 0. The van der Waals surface area contributed by atoms with Crippen molar-refractivity contribution in [1.29, 1.82) is 0 Å². The lowest BCUT2D eigenvalue weighted by molar-refractivity contribution is -0.139. The number of hydrogen-bond acceptors (Lipinski definition) is 4. The van der Waals surface area contributed by atoms with Crippen LogP contribution in [0.2, 0.25) is 10.0 Å². The minimum Gasteiger partial charge on any atom is -0.487 e. The molecule has 2 amide bonds. The molecule has 164 valence electrons. The second-order valence-electron chi connectivity index (χ2n) is 6.62. The molecule has 1 atom stereocenters. The van der Waals surface area contributed by atoms with Gasteiger partial charge in [0.15, 0.2) is 0 Å². The van der Waals surface area contributed by atoms with E-state index < -0.39 is 23.9 Å². The molecule has 0 bridgehead atoms. The summed E-state index contributed by atoms with van der Waals surface area (Å²) in [5.41, 5.74) is 1.15. The number of carbonyl (C=O) groups is 2. The van der Waals surface area contributed by atoms with Crippen LogP contribution in [0, 0.1) is 5.82 Å². The van der Waals surface area contributed by atoms with Crippen molar-refractivity contribution in [2.75, 3.05) is 19.8 Å². The van der Waals surface area contributed by atoms with E-state index in [0.717, 1.165) is 0 Å². The van der Waals surface area contributed by atoms with Crippen molar-refractivity contribution in [1.82, 2.24) is 10.2 Å². The van der Waals surface area contributed by atoms with Crippen molar-refractivity contribution in [3.63, 3.8) is 0 Å². The number of nitrogens with zero attached hydrogens (tertiary/aromatic N) is 1. The predicted molar refractivity (Wildman–Crippen MR) is 116 cm³/mol. The smallest absolute Gasteiger partial charge is 0.338 e. The number of benzene rings is 2. The van der Waals surface area contributed by atoms with Gasteiger partial charge in [0.1, 0.15) is 18.2 Å². The average Bonchev–Trinajstić information content (AvgIpc) is 2.75. The van der Waals surface area contributed by atoms with E-state index in [0.29, 0.717) is 33.6 Å². The number of amides is 2. The molecule has 0 radical (unpaired) electrons. The van der Waals surface area contributed by atoms with Crippen LogP contribution >= 0.6 is 23.2 Å². The van der Waals surface area contributed by atoms with Gasteiger partial charge in [-0.2, -0.15) is 0 Å². The summed E-state index contributed by atoms with van der Waals surface area (Å²) < 4.78 is 24.2. The molecule has 0 unspecified atom stereocenters. The first kappa shape index (κ1) is 22.9. The number of hydrogen-bond donors (Lipinski definition) is 1. The first-order valence-electron chi connectivity index (χ1n) is 9.67. The van der Waals surface area contributed by atoms with Crippen molar-refractivity contribution in [3.8, 4) is 5.75 Å². The molecule has 0 saturated heterocycles. The summed E-state index contributed by atoms with van der Waals surface area (Å²) >= 11 is 12.2. The van der Waals surface area contributed by atoms with Gasteiger partial charge in [-0.05, 0) is 55.8 Å². The molecule has 2 aromatic rings. The van der Waals surface area contributed by atoms with Crippen LogP contribution in [-0.4, -0.2) is 36.7 Å². The van der Waals surface area contributed by atoms with E-state index >= 15 is 0 Å². The fraction of sp³-hybridized carbons (Fsp3) is 0.273. The van der Waals surface area contributed by atoms with E-state index in [-0.39, 0.29) is 18.8 Å². The third kappa shape index (κ3) is 5.11. The van der Waals surface area contributed by atoms with Crippen LogP contribution in [0.25, 0.3) is 0 Å². The summed E-state index contributed by atoms with van der Waals surface area (Å²) in [4.78, 5) is 27.2. The van der Waals surface area contributed by atoms with Gasteiger partial charge in [-0.3, -0.25) is 4.90 Å². The van der Waals surface area contributed by atoms with Crippen molar-refractivity contribution in [2.45, 2.75) is 19.9 Å². The zero-order chi connectivity index (χ0) is 22.5. The zero-order valence-corrected chi connectivity index (χ0v) is 18.5. The van der Waals surface area contributed by atoms with Gasteiger partial charge in [0.25, 0.3) is 0 Å². The normalized spacial score (nSPS) is 16.2. The minimum atomic E-state index is -0.809. The summed E-state index contributed by atoms with van der Waals surface area (Å²) in [6.07, 6.45) is 0. The highest BCUT2D eigenvalue weighted by molar-refractivity contribution is 6.42. The number of carbonyl (C=O) groups excluding carboxylic acids is 2. The highest BCUT2D eigenvalue weighted by Gasteiger charge is 2.38. The Balaban J connectivity index is 2.07. The largest absolute Gasteiger partial charge is 0.487 e. The first-order valence-corrected chi connectivity index (χ1v) is 10.4. The van der Waals surface area contributed by atoms with E-state index in [1.807, 2.05) is 0 Å². The van der Waals surface area contributed by atoms with Crippen molar-refractivity contribution in [2.24, 2.45) is 0 Å². The second-order valence-corrected chi connectivity index (χ2v) is 7.44. The van der Waals surface area contributed by atoms with Gasteiger partial charge in [-0.25, -0.2) is 14.0 Å². The quantitative estimate of drug-likeness (QED) is 0.575. The van der Waals surface area contributed by atoms with E-state index in [9.17, 15) is 14.0 Å². The fourth-order valence-electron chi connectivity index (χ4n) is 3.27. The molecular weight excluding hydrogens is 446 g/mol. The third-order valence-corrected chi connectivity index (χ3v) is 5.46. The summed E-state index contributed by atoms with van der Waals surface area (Å²) in [5.74, 6) is -0.592. The number of rotatable bonds is 7. The molecular formula is C22H21Cl2FN2O4. The Bertz CT molecular complexity index is 1010. The van der Waals surface area contributed by atoms with Crippen LogP contribution in [0.1, 0.15) is 25.5 Å². The van der Waals surface area contributed by atoms with E-state index in [4.69, 9.17) is 32.7 Å². The molecule has 0 spiro atoms. The van der Waals surface area contributed by atoms with Gasteiger partial charge in [0.05, 0.1) is 34.0 Å². The van der Waals surface area contributed by atoms with Gasteiger partial charge in [-0.15, -0.1) is 0 Å². The average molecular weight is 467 g/mol. The maximum absolute atomic E-state index is 13.2. The number of esters is 1. The number of likely N-dealkylation sites (N-methyl/N-ethyl adjacent to an activating group) is 1. The Hall–Kier alpha value is -2.77. The fourth-order valence-corrected chi connectivity index (χ4v) is 3.57. The molecule has 0 aliphatic carbocycles. The van der Waals surface area contributed by atoms with Gasteiger partial charge in [0, 0.05) is 6.54 Å². The highest BCUT2D eigenvalue weighted by Crippen LogP contribution is 2.34. The van der Waals surface area contributed by atoms with Crippen LogP contribution in [-0.2, 0) is 9.53 Å². The molecule has 1 N–H and O–H groups in total. The maximum atomic E-state index is 13.2. The summed E-state index contributed by atoms with van der Waals surface area (Å²) in [5, 5.41) is 3.47. The van der Waals surface area contributed by atoms with E-state index in [1.165, 1.54) is 29.2 Å². The molecule has 0 saturated carbocycles. The highest BCUT2D eigenvalue weighted by atomic mass is 35.5. The topological polar surface area (TPSA) is 67.9 Å². The monoisotopic (exact) mass is 466 g/mol. The predicted octanol–water partition coefficient (Wildman–Crippen LogP) is 5.11. The molecule has 31 heavy (non-hydrogen) atoms. The Labute approximate surface area is 189 Å². The number of urea groups is 1. The van der Waals surface area contributed by atoms with E-state index in [1.54, 1.807) is 32.0 Å². The lowest BCUT2D eigenvalue weighted by atomic mass is 9.94. The minimum absolute atomic E-state index is 0.0984. The van der Waals surface area contributed by atoms with Crippen LogP contribution in [0.4, 0.5) is 9.18 Å². The second kappa shape index (κ2) is 10.0.